The van der Waals surface area contributed by atoms with Gasteiger partial charge in [0.1, 0.15) is 5.75 Å². The van der Waals surface area contributed by atoms with Gasteiger partial charge in [-0.1, -0.05) is 54.6 Å². The number of nitrogens with zero attached hydrogens (tertiary/aromatic N) is 2. The predicted octanol–water partition coefficient (Wildman–Crippen LogP) is 4.52. The van der Waals surface area contributed by atoms with E-state index >= 15 is 0 Å². The Morgan fingerprint density at radius 2 is 1.58 bits per heavy atom. The molecule has 1 unspecified atom stereocenters. The Hall–Kier alpha value is -3.68. The molecule has 1 saturated heterocycles. The van der Waals surface area contributed by atoms with E-state index in [4.69, 9.17) is 14.2 Å². The third-order valence-electron chi connectivity index (χ3n) is 6.91. The SMILES string of the molecule is COC(=O)c1ccc(COC(CN2CCN(C(=O)CCc3ccccc3)CC2)c2cccc(OC)c2)cc1. The molecule has 0 saturated carbocycles. The highest BCUT2D eigenvalue weighted by atomic mass is 16.5. The minimum Gasteiger partial charge on any atom is -0.497 e. The summed E-state index contributed by atoms with van der Waals surface area (Å²) in [5.41, 5.74) is 3.71. The average Bonchev–Trinajstić information content (AvgIpc) is 2.98. The normalized spacial score (nSPS) is 14.6. The second-order valence-electron chi connectivity index (χ2n) is 9.43. The molecule has 1 heterocycles. The third-order valence-corrected chi connectivity index (χ3v) is 6.91. The van der Waals surface area contributed by atoms with Crippen LogP contribution in [0.1, 0.15) is 39.6 Å². The molecule has 38 heavy (non-hydrogen) atoms. The maximum absolute atomic E-state index is 12.8. The molecule has 4 rings (SSSR count). The fourth-order valence-corrected chi connectivity index (χ4v) is 4.62. The summed E-state index contributed by atoms with van der Waals surface area (Å²) in [7, 11) is 3.03. The Bertz CT molecular complexity index is 1170. The number of amides is 1. The first kappa shape index (κ1) is 27.4. The van der Waals surface area contributed by atoms with Crippen LogP contribution in [0.4, 0.5) is 0 Å². The largest absolute Gasteiger partial charge is 0.497 e. The lowest BCUT2D eigenvalue weighted by Crippen LogP contribution is -2.49. The van der Waals surface area contributed by atoms with E-state index in [2.05, 4.69) is 23.1 Å². The van der Waals surface area contributed by atoms with E-state index < -0.39 is 0 Å². The fraction of sp³-hybridized carbons (Fsp3) is 0.355. The molecule has 0 radical (unpaired) electrons. The smallest absolute Gasteiger partial charge is 0.337 e. The van der Waals surface area contributed by atoms with Crippen molar-refractivity contribution >= 4 is 11.9 Å². The minimum atomic E-state index is -0.357. The van der Waals surface area contributed by atoms with Gasteiger partial charge in [0, 0.05) is 39.1 Å². The van der Waals surface area contributed by atoms with Crippen molar-refractivity contribution in [1.82, 2.24) is 9.80 Å². The van der Waals surface area contributed by atoms with E-state index in [0.29, 0.717) is 38.2 Å². The molecule has 0 N–H and O–H groups in total. The van der Waals surface area contributed by atoms with Crippen LogP contribution in [0.15, 0.2) is 78.9 Å². The van der Waals surface area contributed by atoms with Gasteiger partial charge in [-0.15, -0.1) is 0 Å². The molecule has 1 aliphatic rings. The topological polar surface area (TPSA) is 68.3 Å². The van der Waals surface area contributed by atoms with Crippen molar-refractivity contribution in [3.8, 4) is 5.75 Å². The molecule has 7 nitrogen and oxygen atoms in total. The van der Waals surface area contributed by atoms with Gasteiger partial charge in [-0.05, 0) is 47.4 Å². The van der Waals surface area contributed by atoms with E-state index in [-0.39, 0.29) is 18.0 Å². The Kier molecular flexibility index (Phi) is 9.90. The first-order valence-electron chi connectivity index (χ1n) is 13.0. The molecule has 0 spiro atoms. The molecule has 0 aliphatic carbocycles. The number of aryl methyl sites for hydroxylation is 1. The van der Waals surface area contributed by atoms with Crippen LogP contribution in [-0.4, -0.2) is 68.6 Å². The standard InChI is InChI=1S/C31H36N2O5/c1-36-28-10-6-9-27(21-28)29(38-23-25-11-14-26(15-12-25)31(35)37-2)22-32-17-19-33(20-18-32)30(34)16-13-24-7-4-3-5-8-24/h3-12,14-15,21,29H,13,16-20,22-23H2,1-2H3. The van der Waals surface area contributed by atoms with Crippen molar-refractivity contribution in [2.45, 2.75) is 25.6 Å². The van der Waals surface area contributed by atoms with Crippen LogP contribution in [0.25, 0.3) is 0 Å². The van der Waals surface area contributed by atoms with E-state index in [0.717, 1.165) is 36.4 Å². The van der Waals surface area contributed by atoms with Crippen molar-refractivity contribution in [2.75, 3.05) is 46.9 Å². The summed E-state index contributed by atoms with van der Waals surface area (Å²) in [6, 6.07) is 25.4. The number of piperazine rings is 1. The number of methoxy groups -OCH3 is 2. The van der Waals surface area contributed by atoms with E-state index in [1.807, 2.05) is 53.4 Å². The lowest BCUT2D eigenvalue weighted by molar-refractivity contribution is -0.133. The summed E-state index contributed by atoms with van der Waals surface area (Å²) in [6.45, 7) is 4.14. The zero-order valence-electron chi connectivity index (χ0n) is 22.2. The first-order valence-corrected chi connectivity index (χ1v) is 13.0. The lowest BCUT2D eigenvalue weighted by atomic mass is 10.1. The molecule has 1 atom stereocenters. The van der Waals surface area contributed by atoms with Crippen molar-refractivity contribution in [2.24, 2.45) is 0 Å². The van der Waals surface area contributed by atoms with Gasteiger partial charge in [0.05, 0.1) is 32.5 Å². The van der Waals surface area contributed by atoms with Gasteiger partial charge in [-0.2, -0.15) is 0 Å². The molecule has 0 bridgehead atoms. The van der Waals surface area contributed by atoms with Crippen LogP contribution in [0, 0.1) is 0 Å². The second-order valence-corrected chi connectivity index (χ2v) is 9.43. The van der Waals surface area contributed by atoms with Crippen LogP contribution in [0.5, 0.6) is 5.75 Å². The molecule has 1 amide bonds. The van der Waals surface area contributed by atoms with Crippen LogP contribution in [0.2, 0.25) is 0 Å². The van der Waals surface area contributed by atoms with Crippen molar-refractivity contribution in [3.05, 3.63) is 101 Å². The van der Waals surface area contributed by atoms with Gasteiger partial charge in [-0.3, -0.25) is 9.69 Å². The number of hydrogen-bond donors (Lipinski definition) is 0. The minimum absolute atomic E-state index is 0.175. The monoisotopic (exact) mass is 516 g/mol. The number of rotatable bonds is 11. The van der Waals surface area contributed by atoms with Gasteiger partial charge in [-0.25, -0.2) is 4.79 Å². The predicted molar refractivity (Wildman–Crippen MR) is 146 cm³/mol. The third kappa shape index (κ3) is 7.66. The van der Waals surface area contributed by atoms with Crippen molar-refractivity contribution < 1.29 is 23.8 Å². The summed E-state index contributed by atoms with van der Waals surface area (Å²) >= 11 is 0. The number of benzene rings is 3. The van der Waals surface area contributed by atoms with Crippen LogP contribution in [0.3, 0.4) is 0 Å². The van der Waals surface area contributed by atoms with Gasteiger partial charge < -0.3 is 19.1 Å². The van der Waals surface area contributed by atoms with E-state index in [9.17, 15) is 9.59 Å². The zero-order chi connectivity index (χ0) is 26.7. The quantitative estimate of drug-likeness (QED) is 0.349. The molecule has 1 aliphatic heterocycles. The summed E-state index contributed by atoms with van der Waals surface area (Å²) in [4.78, 5) is 28.8. The van der Waals surface area contributed by atoms with Crippen molar-refractivity contribution in [1.29, 1.82) is 0 Å². The molecule has 3 aromatic carbocycles. The molecule has 0 aromatic heterocycles. The van der Waals surface area contributed by atoms with Gasteiger partial charge in [0.2, 0.25) is 5.91 Å². The maximum Gasteiger partial charge on any atom is 0.337 e. The van der Waals surface area contributed by atoms with Crippen molar-refractivity contribution in [3.63, 3.8) is 0 Å². The highest BCUT2D eigenvalue weighted by molar-refractivity contribution is 5.89. The Morgan fingerprint density at radius 3 is 2.26 bits per heavy atom. The molecular weight excluding hydrogens is 480 g/mol. The molecule has 3 aromatic rings. The van der Waals surface area contributed by atoms with Crippen LogP contribution >= 0.6 is 0 Å². The van der Waals surface area contributed by atoms with Crippen LogP contribution in [-0.2, 0) is 27.3 Å². The number of carbonyl (C=O) groups is 2. The lowest BCUT2D eigenvalue weighted by Gasteiger charge is -2.36. The summed E-state index contributed by atoms with van der Waals surface area (Å²) in [5.74, 6) is 0.640. The van der Waals surface area contributed by atoms with E-state index in [1.54, 1.807) is 19.2 Å². The summed E-state index contributed by atoms with van der Waals surface area (Å²) in [5, 5.41) is 0. The van der Waals surface area contributed by atoms with Gasteiger partial charge in [0.15, 0.2) is 0 Å². The number of carbonyl (C=O) groups excluding carboxylic acids is 2. The molecule has 7 heteroatoms. The molecule has 1 fully saturated rings. The van der Waals surface area contributed by atoms with Crippen LogP contribution < -0.4 is 4.74 Å². The summed E-state index contributed by atoms with van der Waals surface area (Å²) < 4.78 is 16.6. The molecular formula is C31H36N2O5. The zero-order valence-corrected chi connectivity index (χ0v) is 22.2. The highest BCUT2D eigenvalue weighted by Crippen LogP contribution is 2.25. The van der Waals surface area contributed by atoms with Gasteiger partial charge >= 0.3 is 5.97 Å². The average molecular weight is 517 g/mol. The number of esters is 1. The number of hydrogen-bond acceptors (Lipinski definition) is 6. The highest BCUT2D eigenvalue weighted by Gasteiger charge is 2.24. The summed E-state index contributed by atoms with van der Waals surface area (Å²) in [6.07, 6.45) is 1.13. The Labute approximate surface area is 224 Å². The molecule has 200 valence electrons. The Morgan fingerprint density at radius 1 is 0.842 bits per heavy atom. The Balaban J connectivity index is 1.34. The maximum atomic E-state index is 12.8. The second kappa shape index (κ2) is 13.7. The first-order chi connectivity index (χ1) is 18.6. The van der Waals surface area contributed by atoms with Gasteiger partial charge in [0.25, 0.3) is 0 Å². The number of ether oxygens (including phenoxy) is 3. The fourth-order valence-electron chi connectivity index (χ4n) is 4.62. The van der Waals surface area contributed by atoms with E-state index in [1.165, 1.54) is 12.7 Å².